The van der Waals surface area contributed by atoms with Crippen molar-refractivity contribution < 1.29 is 35.3 Å². The molecule has 0 spiro atoms. The third-order valence-electron chi connectivity index (χ3n) is 6.92. The molecule has 0 radical (unpaired) electrons. The van der Waals surface area contributed by atoms with Gasteiger partial charge in [-0.2, -0.15) is 48.1 Å². The third-order valence-corrected chi connectivity index (χ3v) is 6.92. The Labute approximate surface area is 211 Å². The molecule has 1 amide bonds. The van der Waals surface area contributed by atoms with Gasteiger partial charge in [0.2, 0.25) is 5.91 Å². The van der Waals surface area contributed by atoms with Crippen LogP contribution in [0.3, 0.4) is 0 Å². The van der Waals surface area contributed by atoms with E-state index in [-0.39, 0.29) is 41.1 Å². The van der Waals surface area contributed by atoms with Gasteiger partial charge in [-0.3, -0.25) is 9.48 Å². The molecule has 0 N–H and O–H groups in total. The van der Waals surface area contributed by atoms with Gasteiger partial charge in [0.05, 0.1) is 5.69 Å². The monoisotopic (exact) mass is 512 g/mol. The minimum atomic E-state index is -4.53. The minimum Gasteiger partial charge on any atom is -0.336 e. The number of aromatic nitrogens is 2. The molecule has 1 aromatic carbocycles. The Balaban J connectivity index is 0.000000481. The number of alkyl halides is 3. The number of halogens is 3. The van der Waals surface area contributed by atoms with Crippen LogP contribution in [-0.4, -0.2) is 27.1 Å². The number of hydrogen-bond acceptors (Lipinski definition) is 2. The van der Waals surface area contributed by atoms with Gasteiger partial charge >= 0.3 is 6.18 Å². The van der Waals surface area contributed by atoms with Crippen molar-refractivity contribution in [3.63, 3.8) is 0 Å². The Hall–Kier alpha value is -1.78. The van der Waals surface area contributed by atoms with E-state index in [4.69, 9.17) is 0 Å². The van der Waals surface area contributed by atoms with E-state index < -0.39 is 18.4 Å². The van der Waals surface area contributed by atoms with E-state index >= 15 is 0 Å². The van der Waals surface area contributed by atoms with E-state index in [1.54, 1.807) is 4.90 Å². The van der Waals surface area contributed by atoms with E-state index in [1.807, 2.05) is 25.1 Å². The maximum absolute atomic E-state index is 13.4. The van der Waals surface area contributed by atoms with Crippen molar-refractivity contribution in [1.82, 2.24) is 14.7 Å². The molecule has 3 fully saturated rings. The Morgan fingerprint density at radius 3 is 2.32 bits per heavy atom. The number of aryl methyl sites for hydroxylation is 1. The second-order valence-electron chi connectivity index (χ2n) is 9.74. The van der Waals surface area contributed by atoms with E-state index in [0.717, 1.165) is 41.1 Å². The summed E-state index contributed by atoms with van der Waals surface area (Å²) in [5.41, 5.74) is 1.49. The summed E-state index contributed by atoms with van der Waals surface area (Å²) >= 11 is 0. The Kier molecular flexibility index (Phi) is 8.92. The quantitative estimate of drug-likeness (QED) is 0.442. The van der Waals surface area contributed by atoms with E-state index in [1.165, 1.54) is 32.1 Å². The molecular formula is C26H33CrF3N3O-. The summed E-state index contributed by atoms with van der Waals surface area (Å²) in [6, 6.07) is 10.0. The molecule has 34 heavy (non-hydrogen) atoms. The van der Waals surface area contributed by atoms with Gasteiger partial charge in [-0.15, -0.1) is 5.56 Å². The number of amides is 1. The summed E-state index contributed by atoms with van der Waals surface area (Å²) in [5.74, 6) is -0.0113. The Morgan fingerprint density at radius 1 is 1.12 bits per heavy atom. The van der Waals surface area contributed by atoms with Gasteiger partial charge < -0.3 is 4.90 Å². The first-order valence-electron chi connectivity index (χ1n) is 12.2. The maximum atomic E-state index is 13.4. The van der Waals surface area contributed by atoms with Crippen LogP contribution in [0.2, 0.25) is 0 Å². The topological polar surface area (TPSA) is 38.1 Å². The van der Waals surface area contributed by atoms with Crippen LogP contribution < -0.4 is 0 Å². The standard InChI is InChI=1S/C21H23F3N3O.C5H10.Cr/c1-13-4-3-5-16(10-13)20-14(2)8-9-26(20)19(28)12-27-18(21(22,23)24)11-17(25-27)15-6-7-15;1-2-4-5-3-1;/h3-5,11,14-15,20H,6-9,12H2,1-2H3;1-5H2;/q-1;;/t14-,20+;;/m0../s1. The Bertz CT molecular complexity index is 959. The molecule has 8 heteroatoms. The normalized spacial score (nSPS) is 22.2. The SMILES string of the molecule is C1CCCC1.Cc1[c-]c([C@H]2[C@@H](C)CCN2C(=O)Cn2nc(C3CC3)cc2C(F)(F)F)ccc1.[Cr]. The summed E-state index contributed by atoms with van der Waals surface area (Å²) in [6.07, 6.45) is 5.51. The number of likely N-dealkylation sites (tertiary alicyclic amines) is 1. The second kappa shape index (κ2) is 11.3. The van der Waals surface area contributed by atoms with Crippen molar-refractivity contribution in [3.8, 4) is 0 Å². The van der Waals surface area contributed by atoms with Gasteiger partial charge in [0.25, 0.3) is 0 Å². The average molecular weight is 513 g/mol. The van der Waals surface area contributed by atoms with Gasteiger partial charge in [-0.05, 0) is 31.2 Å². The number of carbonyl (C=O) groups is 1. The smallest absolute Gasteiger partial charge is 0.336 e. The molecule has 4 nitrogen and oxygen atoms in total. The Morgan fingerprint density at radius 2 is 1.76 bits per heavy atom. The van der Waals surface area contributed by atoms with Crippen molar-refractivity contribution in [1.29, 1.82) is 0 Å². The minimum absolute atomic E-state index is 0. The van der Waals surface area contributed by atoms with E-state index in [0.29, 0.717) is 12.2 Å². The van der Waals surface area contributed by atoms with E-state index in [2.05, 4.69) is 18.1 Å². The first-order chi connectivity index (χ1) is 15.7. The zero-order valence-corrected chi connectivity index (χ0v) is 21.2. The van der Waals surface area contributed by atoms with Gasteiger partial charge in [-0.1, -0.05) is 46.0 Å². The first kappa shape index (κ1) is 26.8. The fraction of sp³-hybridized carbons (Fsp3) is 0.615. The summed E-state index contributed by atoms with van der Waals surface area (Å²) < 4.78 is 41.1. The molecule has 2 aromatic rings. The molecule has 2 heterocycles. The largest absolute Gasteiger partial charge is 0.433 e. The number of rotatable bonds is 4. The molecule has 3 aliphatic rings. The summed E-state index contributed by atoms with van der Waals surface area (Å²) in [6.45, 7) is 4.14. The molecule has 1 saturated heterocycles. The van der Waals surface area contributed by atoms with Gasteiger partial charge in [0.1, 0.15) is 12.2 Å². The summed E-state index contributed by atoms with van der Waals surface area (Å²) in [7, 11) is 0. The second-order valence-corrected chi connectivity index (χ2v) is 9.74. The molecule has 0 unspecified atom stereocenters. The van der Waals surface area contributed by atoms with Crippen molar-refractivity contribution in [3.05, 3.63) is 52.8 Å². The summed E-state index contributed by atoms with van der Waals surface area (Å²) in [4.78, 5) is 14.7. The van der Waals surface area contributed by atoms with Crippen molar-refractivity contribution >= 4 is 5.91 Å². The molecule has 1 aliphatic heterocycles. The van der Waals surface area contributed by atoms with Crippen molar-refractivity contribution in [2.24, 2.45) is 5.92 Å². The fourth-order valence-electron chi connectivity index (χ4n) is 4.95. The van der Waals surface area contributed by atoms with Gasteiger partial charge in [0.15, 0.2) is 0 Å². The van der Waals surface area contributed by atoms with Crippen LogP contribution in [0.4, 0.5) is 13.2 Å². The van der Waals surface area contributed by atoms with Crippen LogP contribution in [0.5, 0.6) is 0 Å². The molecule has 186 valence electrons. The molecule has 2 aliphatic carbocycles. The fourth-order valence-corrected chi connectivity index (χ4v) is 4.95. The van der Waals surface area contributed by atoms with Crippen LogP contribution in [0, 0.1) is 18.9 Å². The van der Waals surface area contributed by atoms with E-state index in [9.17, 15) is 18.0 Å². The summed E-state index contributed by atoms with van der Waals surface area (Å²) in [5, 5.41) is 4.12. The number of benzene rings is 1. The van der Waals surface area contributed by atoms with Crippen LogP contribution in [0.25, 0.3) is 0 Å². The van der Waals surface area contributed by atoms with Crippen LogP contribution in [0.1, 0.15) is 92.8 Å². The molecule has 0 bridgehead atoms. The molecular weight excluding hydrogens is 479 g/mol. The zero-order chi connectivity index (χ0) is 23.6. The number of carbonyl (C=O) groups excluding carboxylic acids is 1. The van der Waals surface area contributed by atoms with Gasteiger partial charge in [0, 0.05) is 35.9 Å². The van der Waals surface area contributed by atoms with Gasteiger partial charge in [-0.25, -0.2) is 0 Å². The number of hydrogen-bond donors (Lipinski definition) is 0. The van der Waals surface area contributed by atoms with Crippen LogP contribution in [-0.2, 0) is 34.9 Å². The van der Waals surface area contributed by atoms with Crippen molar-refractivity contribution in [2.75, 3.05) is 6.54 Å². The average Bonchev–Trinajstić information content (AvgIpc) is 3.15. The predicted molar refractivity (Wildman–Crippen MR) is 121 cm³/mol. The van der Waals surface area contributed by atoms with Crippen LogP contribution >= 0.6 is 0 Å². The molecule has 5 rings (SSSR count). The third kappa shape index (κ3) is 6.46. The maximum Gasteiger partial charge on any atom is 0.433 e. The van der Waals surface area contributed by atoms with Crippen LogP contribution in [0.15, 0.2) is 24.3 Å². The first-order valence-corrected chi connectivity index (χ1v) is 12.2. The molecule has 2 saturated carbocycles. The molecule has 2 atom stereocenters. The number of nitrogens with zero attached hydrogens (tertiary/aromatic N) is 3. The predicted octanol–water partition coefficient (Wildman–Crippen LogP) is 6.45. The molecule has 1 aromatic heterocycles. The van der Waals surface area contributed by atoms with Crippen molar-refractivity contribution in [2.45, 2.75) is 89.9 Å². The zero-order valence-electron chi connectivity index (χ0n) is 19.9.